The normalized spacial score (nSPS) is 12.5. The fraction of sp³-hybridized carbons (Fsp3) is 0.312. The van der Waals surface area contributed by atoms with Crippen LogP contribution in [0.4, 0.5) is 0 Å². The van der Waals surface area contributed by atoms with Crippen LogP contribution in [0.15, 0.2) is 33.9 Å². The first-order chi connectivity index (χ1) is 10.9. The second kappa shape index (κ2) is 5.66. The zero-order chi connectivity index (χ0) is 16.7. The third kappa shape index (κ3) is 2.46. The van der Waals surface area contributed by atoms with Crippen LogP contribution in [0.25, 0.3) is 10.2 Å². The van der Waals surface area contributed by atoms with E-state index in [2.05, 4.69) is 4.98 Å². The minimum atomic E-state index is -0.196. The van der Waals surface area contributed by atoms with E-state index in [4.69, 9.17) is 4.42 Å². The van der Waals surface area contributed by atoms with Crippen molar-refractivity contribution in [3.8, 4) is 0 Å². The fourth-order valence-corrected chi connectivity index (χ4v) is 3.59. The van der Waals surface area contributed by atoms with Crippen molar-refractivity contribution >= 4 is 27.5 Å². The first-order valence-corrected chi connectivity index (χ1v) is 7.98. The van der Waals surface area contributed by atoms with Crippen molar-refractivity contribution in [1.29, 1.82) is 0 Å². The number of aryl methyl sites for hydroxylation is 2. The van der Waals surface area contributed by atoms with E-state index in [-0.39, 0.29) is 17.5 Å². The van der Waals surface area contributed by atoms with E-state index >= 15 is 0 Å². The van der Waals surface area contributed by atoms with Gasteiger partial charge in [0.05, 0.1) is 28.9 Å². The third-order valence-electron chi connectivity index (χ3n) is 4.06. The van der Waals surface area contributed by atoms with Crippen LogP contribution in [-0.2, 0) is 7.05 Å². The van der Waals surface area contributed by atoms with E-state index in [0.717, 1.165) is 0 Å². The standard InChI is InChI=1S/C16H17N3O3S/c1-9-12-14(17-8-18(3)15(12)20)23-13(9)16(21)19(4)10(2)11-6-5-7-22-11/h5-8,10H,1-4H3. The van der Waals surface area contributed by atoms with E-state index in [1.807, 2.05) is 13.0 Å². The van der Waals surface area contributed by atoms with Crippen molar-refractivity contribution in [3.05, 3.63) is 51.3 Å². The predicted octanol–water partition coefficient (Wildman–Crippen LogP) is 2.73. The number of aromatic nitrogens is 2. The number of hydrogen-bond donors (Lipinski definition) is 0. The zero-order valence-corrected chi connectivity index (χ0v) is 14.2. The Bertz CT molecular complexity index is 924. The molecular formula is C16H17N3O3S. The summed E-state index contributed by atoms with van der Waals surface area (Å²) in [5.41, 5.74) is 0.548. The van der Waals surface area contributed by atoms with E-state index in [0.29, 0.717) is 26.4 Å². The molecule has 120 valence electrons. The highest BCUT2D eigenvalue weighted by Gasteiger charge is 2.25. The Morgan fingerprint density at radius 1 is 1.48 bits per heavy atom. The largest absolute Gasteiger partial charge is 0.467 e. The van der Waals surface area contributed by atoms with Crippen LogP contribution in [0.1, 0.15) is 34.0 Å². The molecule has 0 radical (unpaired) electrons. The predicted molar refractivity (Wildman–Crippen MR) is 88.8 cm³/mol. The number of furan rings is 1. The molecular weight excluding hydrogens is 314 g/mol. The summed E-state index contributed by atoms with van der Waals surface area (Å²) in [4.78, 5) is 32.1. The van der Waals surface area contributed by atoms with Gasteiger partial charge in [-0.25, -0.2) is 4.98 Å². The van der Waals surface area contributed by atoms with Crippen molar-refractivity contribution in [3.63, 3.8) is 0 Å². The number of carbonyl (C=O) groups excluding carboxylic acids is 1. The fourth-order valence-electron chi connectivity index (χ4n) is 2.47. The zero-order valence-electron chi connectivity index (χ0n) is 13.4. The Kier molecular flexibility index (Phi) is 3.81. The molecule has 0 spiro atoms. The van der Waals surface area contributed by atoms with Crippen LogP contribution in [0.5, 0.6) is 0 Å². The van der Waals surface area contributed by atoms with Crippen molar-refractivity contribution in [2.45, 2.75) is 19.9 Å². The maximum absolute atomic E-state index is 12.8. The lowest BCUT2D eigenvalue weighted by molar-refractivity contribution is 0.0730. The molecule has 7 heteroatoms. The van der Waals surface area contributed by atoms with Gasteiger partial charge in [0.2, 0.25) is 0 Å². The first kappa shape index (κ1) is 15.5. The van der Waals surface area contributed by atoms with Gasteiger partial charge in [-0.05, 0) is 31.5 Å². The monoisotopic (exact) mass is 331 g/mol. The molecule has 0 bridgehead atoms. The van der Waals surface area contributed by atoms with Crippen molar-refractivity contribution < 1.29 is 9.21 Å². The number of rotatable bonds is 3. The quantitative estimate of drug-likeness (QED) is 0.740. The summed E-state index contributed by atoms with van der Waals surface area (Å²) in [6, 6.07) is 3.43. The van der Waals surface area contributed by atoms with Crippen LogP contribution >= 0.6 is 11.3 Å². The molecule has 1 atom stereocenters. The van der Waals surface area contributed by atoms with Crippen LogP contribution in [0.3, 0.4) is 0 Å². The summed E-state index contributed by atoms with van der Waals surface area (Å²) in [6.07, 6.45) is 3.06. The molecule has 3 aromatic rings. The Morgan fingerprint density at radius 2 is 2.22 bits per heavy atom. The van der Waals surface area contributed by atoms with Crippen molar-refractivity contribution in [2.24, 2.45) is 7.05 Å². The summed E-state index contributed by atoms with van der Waals surface area (Å²) in [7, 11) is 3.38. The Balaban J connectivity index is 2.03. The van der Waals surface area contributed by atoms with E-state index < -0.39 is 0 Å². The van der Waals surface area contributed by atoms with Crippen LogP contribution in [-0.4, -0.2) is 27.4 Å². The molecule has 6 nitrogen and oxygen atoms in total. The summed E-state index contributed by atoms with van der Waals surface area (Å²) >= 11 is 1.25. The molecule has 1 amide bonds. The van der Waals surface area contributed by atoms with Gasteiger partial charge in [0.25, 0.3) is 11.5 Å². The number of hydrogen-bond acceptors (Lipinski definition) is 5. The number of thiophene rings is 1. The van der Waals surface area contributed by atoms with E-state index in [1.54, 1.807) is 38.2 Å². The lowest BCUT2D eigenvalue weighted by Crippen LogP contribution is -2.29. The summed E-state index contributed by atoms with van der Waals surface area (Å²) in [5, 5.41) is 0.516. The van der Waals surface area contributed by atoms with Crippen LogP contribution in [0.2, 0.25) is 0 Å². The Labute approximate surface area is 137 Å². The molecule has 0 aliphatic rings. The molecule has 0 aromatic carbocycles. The average Bonchev–Trinajstić information content (AvgIpc) is 3.17. The summed E-state index contributed by atoms with van der Waals surface area (Å²) < 4.78 is 6.79. The van der Waals surface area contributed by atoms with Gasteiger partial charge in [0.15, 0.2) is 0 Å². The number of amides is 1. The highest BCUT2D eigenvalue weighted by atomic mass is 32.1. The summed E-state index contributed by atoms with van der Waals surface area (Å²) in [5.74, 6) is 0.574. The molecule has 0 fully saturated rings. The molecule has 0 saturated carbocycles. The van der Waals surface area contributed by atoms with Gasteiger partial charge in [0, 0.05) is 14.1 Å². The second-order valence-electron chi connectivity index (χ2n) is 5.50. The molecule has 1 unspecified atom stereocenters. The van der Waals surface area contributed by atoms with Crippen LogP contribution in [0, 0.1) is 6.92 Å². The molecule has 3 heterocycles. The molecule has 23 heavy (non-hydrogen) atoms. The van der Waals surface area contributed by atoms with Gasteiger partial charge >= 0.3 is 0 Å². The number of carbonyl (C=O) groups is 1. The van der Waals surface area contributed by atoms with Gasteiger partial charge < -0.3 is 13.9 Å². The van der Waals surface area contributed by atoms with Crippen LogP contribution < -0.4 is 5.56 Å². The number of nitrogens with zero attached hydrogens (tertiary/aromatic N) is 3. The molecule has 0 aliphatic carbocycles. The van der Waals surface area contributed by atoms with Gasteiger partial charge in [-0.2, -0.15) is 0 Å². The second-order valence-corrected chi connectivity index (χ2v) is 6.50. The lowest BCUT2D eigenvalue weighted by atomic mass is 10.1. The molecule has 0 N–H and O–H groups in total. The third-order valence-corrected chi connectivity index (χ3v) is 5.25. The average molecular weight is 331 g/mol. The minimum absolute atomic E-state index is 0.135. The number of fused-ring (bicyclic) bond motifs is 1. The smallest absolute Gasteiger partial charge is 0.264 e. The Morgan fingerprint density at radius 3 is 2.87 bits per heavy atom. The van der Waals surface area contributed by atoms with Crippen molar-refractivity contribution in [1.82, 2.24) is 14.5 Å². The highest BCUT2D eigenvalue weighted by Crippen LogP contribution is 2.30. The van der Waals surface area contributed by atoms with E-state index in [9.17, 15) is 9.59 Å². The molecule has 0 saturated heterocycles. The first-order valence-electron chi connectivity index (χ1n) is 7.17. The highest BCUT2D eigenvalue weighted by molar-refractivity contribution is 7.20. The maximum Gasteiger partial charge on any atom is 0.264 e. The molecule has 0 aliphatic heterocycles. The lowest BCUT2D eigenvalue weighted by Gasteiger charge is -2.23. The minimum Gasteiger partial charge on any atom is -0.467 e. The van der Waals surface area contributed by atoms with Gasteiger partial charge in [-0.3, -0.25) is 9.59 Å². The van der Waals surface area contributed by atoms with Gasteiger partial charge in [-0.1, -0.05) is 0 Å². The Hall–Kier alpha value is -2.41. The molecule has 3 aromatic heterocycles. The van der Waals surface area contributed by atoms with Crippen molar-refractivity contribution in [2.75, 3.05) is 7.05 Å². The SMILES string of the molecule is Cc1c(C(=O)N(C)C(C)c2ccco2)sc2ncn(C)c(=O)c12. The topological polar surface area (TPSA) is 68.3 Å². The van der Waals surface area contributed by atoms with Gasteiger partial charge in [-0.15, -0.1) is 11.3 Å². The van der Waals surface area contributed by atoms with Gasteiger partial charge in [0.1, 0.15) is 10.6 Å². The maximum atomic E-state index is 12.8. The molecule has 3 rings (SSSR count). The van der Waals surface area contributed by atoms with E-state index in [1.165, 1.54) is 22.2 Å². The summed E-state index contributed by atoms with van der Waals surface area (Å²) in [6.45, 7) is 3.69.